The van der Waals surface area contributed by atoms with Gasteiger partial charge in [-0.1, -0.05) is 30.3 Å². The van der Waals surface area contributed by atoms with Gasteiger partial charge in [-0.25, -0.2) is 4.39 Å². The van der Waals surface area contributed by atoms with Crippen LogP contribution in [0.1, 0.15) is 0 Å². The lowest BCUT2D eigenvalue weighted by atomic mass is 10.3. The summed E-state index contributed by atoms with van der Waals surface area (Å²) in [6.45, 7) is 6.99. The number of benzene rings is 2. The number of piperazine rings is 1. The summed E-state index contributed by atoms with van der Waals surface area (Å²) in [5.41, 5.74) is 0. The van der Waals surface area contributed by atoms with Crippen LogP contribution in [-0.4, -0.2) is 61.4 Å². The van der Waals surface area contributed by atoms with Crippen molar-refractivity contribution in [1.82, 2.24) is 9.80 Å². The van der Waals surface area contributed by atoms with Gasteiger partial charge in [0, 0.05) is 49.9 Å². The lowest BCUT2D eigenvalue weighted by Crippen LogP contribution is -2.47. The molecule has 0 unspecified atom stereocenters. The number of halogens is 1. The summed E-state index contributed by atoms with van der Waals surface area (Å²) in [5.74, 6) is 1.75. The standard InChI is InChI=1S/C20H25FN2OS/c21-19-8-4-5-9-20(19)25-17-15-23-12-10-22(11-13-23)14-16-24-18-6-2-1-3-7-18/h1-9H,10-17H2. The highest BCUT2D eigenvalue weighted by Crippen LogP contribution is 2.21. The smallest absolute Gasteiger partial charge is 0.136 e. The van der Waals surface area contributed by atoms with E-state index in [2.05, 4.69) is 9.80 Å². The molecule has 1 saturated heterocycles. The van der Waals surface area contributed by atoms with Gasteiger partial charge < -0.3 is 4.74 Å². The third-order valence-corrected chi connectivity index (χ3v) is 5.41. The molecular weight excluding hydrogens is 335 g/mol. The number of ether oxygens (including phenoxy) is 1. The normalized spacial score (nSPS) is 16.0. The van der Waals surface area contributed by atoms with Crippen LogP contribution in [0.15, 0.2) is 59.5 Å². The zero-order chi connectivity index (χ0) is 17.3. The molecule has 0 N–H and O–H groups in total. The third kappa shape index (κ3) is 6.03. The molecule has 134 valence electrons. The Bertz CT molecular complexity index is 633. The molecule has 2 aromatic rings. The Balaban J connectivity index is 1.29. The van der Waals surface area contributed by atoms with Crippen LogP contribution in [0.2, 0.25) is 0 Å². The molecule has 25 heavy (non-hydrogen) atoms. The first-order valence-corrected chi connectivity index (χ1v) is 9.80. The second-order valence-corrected chi connectivity index (χ2v) is 7.26. The summed E-state index contributed by atoms with van der Waals surface area (Å²) < 4.78 is 19.4. The highest BCUT2D eigenvalue weighted by atomic mass is 32.2. The van der Waals surface area contributed by atoms with E-state index in [1.807, 2.05) is 42.5 Å². The molecule has 0 aliphatic carbocycles. The van der Waals surface area contributed by atoms with Gasteiger partial charge in [-0.2, -0.15) is 0 Å². The number of thioether (sulfide) groups is 1. The molecule has 2 aromatic carbocycles. The predicted molar refractivity (Wildman–Crippen MR) is 102 cm³/mol. The van der Waals surface area contributed by atoms with Gasteiger partial charge in [0.1, 0.15) is 18.2 Å². The molecule has 0 saturated carbocycles. The molecule has 0 spiro atoms. The van der Waals surface area contributed by atoms with E-state index >= 15 is 0 Å². The Hall–Kier alpha value is -1.56. The SMILES string of the molecule is Fc1ccccc1SCCN1CCN(CCOc2ccccc2)CC1. The maximum Gasteiger partial charge on any atom is 0.136 e. The molecule has 3 rings (SSSR count). The first-order valence-electron chi connectivity index (χ1n) is 8.81. The minimum atomic E-state index is -0.115. The number of hydrogen-bond acceptors (Lipinski definition) is 4. The van der Waals surface area contributed by atoms with E-state index in [4.69, 9.17) is 4.74 Å². The van der Waals surface area contributed by atoms with Crippen LogP contribution in [0.4, 0.5) is 4.39 Å². The quantitative estimate of drug-likeness (QED) is 0.668. The molecule has 0 amide bonds. The average molecular weight is 360 g/mol. The first-order chi connectivity index (χ1) is 12.3. The Labute approximate surface area is 153 Å². The van der Waals surface area contributed by atoms with Crippen LogP contribution in [0, 0.1) is 5.82 Å². The van der Waals surface area contributed by atoms with Gasteiger partial charge in [-0.3, -0.25) is 9.80 Å². The van der Waals surface area contributed by atoms with Crippen molar-refractivity contribution in [3.05, 3.63) is 60.4 Å². The van der Waals surface area contributed by atoms with E-state index in [9.17, 15) is 4.39 Å². The summed E-state index contributed by atoms with van der Waals surface area (Å²) in [6.07, 6.45) is 0. The number of rotatable bonds is 8. The lowest BCUT2D eigenvalue weighted by Gasteiger charge is -2.34. The van der Waals surface area contributed by atoms with E-state index in [0.717, 1.165) is 62.3 Å². The van der Waals surface area contributed by atoms with Gasteiger partial charge in [-0.15, -0.1) is 11.8 Å². The minimum absolute atomic E-state index is 0.115. The van der Waals surface area contributed by atoms with E-state index in [0.29, 0.717) is 0 Å². The lowest BCUT2D eigenvalue weighted by molar-refractivity contribution is 0.121. The molecule has 1 aliphatic heterocycles. The summed E-state index contributed by atoms with van der Waals surface area (Å²) in [6, 6.07) is 17.0. The molecule has 0 atom stereocenters. The van der Waals surface area contributed by atoms with Crippen LogP contribution in [-0.2, 0) is 0 Å². The maximum absolute atomic E-state index is 13.6. The van der Waals surface area contributed by atoms with Crippen molar-refractivity contribution in [3.63, 3.8) is 0 Å². The molecule has 3 nitrogen and oxygen atoms in total. The van der Waals surface area contributed by atoms with Gasteiger partial charge in [0.05, 0.1) is 0 Å². The van der Waals surface area contributed by atoms with Crippen LogP contribution in [0.25, 0.3) is 0 Å². The monoisotopic (exact) mass is 360 g/mol. The van der Waals surface area contributed by atoms with Gasteiger partial charge >= 0.3 is 0 Å². The van der Waals surface area contributed by atoms with Gasteiger partial charge in [0.15, 0.2) is 0 Å². The maximum atomic E-state index is 13.6. The summed E-state index contributed by atoms with van der Waals surface area (Å²) in [7, 11) is 0. The van der Waals surface area contributed by atoms with Gasteiger partial charge in [0.2, 0.25) is 0 Å². The molecule has 1 aliphatic rings. The molecule has 1 fully saturated rings. The fourth-order valence-electron chi connectivity index (χ4n) is 2.89. The Morgan fingerprint density at radius 1 is 0.840 bits per heavy atom. The Morgan fingerprint density at radius 2 is 1.48 bits per heavy atom. The molecule has 5 heteroatoms. The zero-order valence-corrected chi connectivity index (χ0v) is 15.3. The fourth-order valence-corrected chi connectivity index (χ4v) is 3.84. The molecule has 0 bridgehead atoms. The highest BCUT2D eigenvalue weighted by Gasteiger charge is 2.16. The summed E-state index contributed by atoms with van der Waals surface area (Å²) in [4.78, 5) is 5.66. The van der Waals surface area contributed by atoms with Crippen molar-refractivity contribution in [3.8, 4) is 5.75 Å². The van der Waals surface area contributed by atoms with Crippen LogP contribution >= 0.6 is 11.8 Å². The molecule has 0 aromatic heterocycles. The molecular formula is C20H25FN2OS. The number of para-hydroxylation sites is 1. The van der Waals surface area contributed by atoms with E-state index in [-0.39, 0.29) is 5.82 Å². The largest absolute Gasteiger partial charge is 0.492 e. The van der Waals surface area contributed by atoms with Crippen molar-refractivity contribution in [1.29, 1.82) is 0 Å². The number of nitrogens with zero attached hydrogens (tertiary/aromatic N) is 2. The molecule has 0 radical (unpaired) electrons. The summed E-state index contributed by atoms with van der Waals surface area (Å²) in [5, 5.41) is 0. The van der Waals surface area contributed by atoms with Crippen molar-refractivity contribution < 1.29 is 9.13 Å². The Morgan fingerprint density at radius 3 is 2.20 bits per heavy atom. The third-order valence-electron chi connectivity index (χ3n) is 4.39. The van der Waals surface area contributed by atoms with Crippen molar-refractivity contribution in [2.75, 3.05) is 51.6 Å². The van der Waals surface area contributed by atoms with Crippen LogP contribution < -0.4 is 4.74 Å². The van der Waals surface area contributed by atoms with Crippen LogP contribution in [0.5, 0.6) is 5.75 Å². The van der Waals surface area contributed by atoms with Gasteiger partial charge in [0.25, 0.3) is 0 Å². The fraction of sp³-hybridized carbons (Fsp3) is 0.400. The second kappa shape index (κ2) is 9.80. The van der Waals surface area contributed by atoms with Crippen molar-refractivity contribution in [2.45, 2.75) is 4.90 Å². The molecule has 1 heterocycles. The average Bonchev–Trinajstić information content (AvgIpc) is 2.65. The van der Waals surface area contributed by atoms with E-state index in [1.165, 1.54) is 6.07 Å². The van der Waals surface area contributed by atoms with Crippen molar-refractivity contribution in [2.24, 2.45) is 0 Å². The topological polar surface area (TPSA) is 15.7 Å². The van der Waals surface area contributed by atoms with E-state index in [1.54, 1.807) is 17.8 Å². The Kier molecular flexibility index (Phi) is 7.15. The second-order valence-electron chi connectivity index (χ2n) is 6.12. The summed E-state index contributed by atoms with van der Waals surface area (Å²) >= 11 is 1.60. The first kappa shape index (κ1) is 18.2. The van der Waals surface area contributed by atoms with E-state index < -0.39 is 0 Å². The predicted octanol–water partition coefficient (Wildman–Crippen LogP) is 3.61. The van der Waals surface area contributed by atoms with Crippen LogP contribution in [0.3, 0.4) is 0 Å². The zero-order valence-electron chi connectivity index (χ0n) is 14.4. The minimum Gasteiger partial charge on any atom is -0.492 e. The van der Waals surface area contributed by atoms with Crippen molar-refractivity contribution >= 4 is 11.8 Å². The number of hydrogen-bond donors (Lipinski definition) is 0. The highest BCUT2D eigenvalue weighted by molar-refractivity contribution is 7.99. The van der Waals surface area contributed by atoms with Gasteiger partial charge in [-0.05, 0) is 24.3 Å².